The lowest BCUT2D eigenvalue weighted by Crippen LogP contribution is -2.06. The first-order chi connectivity index (χ1) is 8.70. The number of nitrogens with zero attached hydrogens (tertiary/aromatic N) is 1. The number of methoxy groups -OCH3 is 1. The van der Waals surface area contributed by atoms with Gasteiger partial charge in [-0.25, -0.2) is 4.39 Å². The molecule has 0 aliphatic heterocycles. The van der Waals surface area contributed by atoms with E-state index in [9.17, 15) is 9.18 Å². The third kappa shape index (κ3) is 2.71. The van der Waals surface area contributed by atoms with Crippen LogP contribution in [0.4, 0.5) is 4.39 Å². The standard InChI is InChI=1S/C14H12FNO2/c1-18-11-4-2-3-10(7-11)8-14(17)12-5-6-16-9-13(12)15/h2-7,9H,8H2,1H3. The van der Waals surface area contributed by atoms with E-state index >= 15 is 0 Å². The number of pyridine rings is 1. The molecule has 1 aromatic carbocycles. The van der Waals surface area contributed by atoms with Crippen molar-refractivity contribution in [2.75, 3.05) is 7.11 Å². The molecule has 0 aliphatic rings. The number of Topliss-reactive ketones (excluding diaryl/α,β-unsaturated/α-hetero) is 1. The Bertz CT molecular complexity index is 569. The molecule has 4 heteroatoms. The Morgan fingerprint density at radius 1 is 1.39 bits per heavy atom. The van der Waals surface area contributed by atoms with Gasteiger partial charge in [-0.3, -0.25) is 9.78 Å². The summed E-state index contributed by atoms with van der Waals surface area (Å²) in [5.74, 6) is -0.191. The third-order valence-electron chi connectivity index (χ3n) is 2.57. The molecule has 92 valence electrons. The summed E-state index contributed by atoms with van der Waals surface area (Å²) in [6.45, 7) is 0. The zero-order valence-electron chi connectivity index (χ0n) is 9.89. The molecule has 2 rings (SSSR count). The Kier molecular flexibility index (Phi) is 3.67. The van der Waals surface area contributed by atoms with Crippen molar-refractivity contribution in [3.8, 4) is 5.75 Å². The van der Waals surface area contributed by atoms with Crippen LogP contribution in [0.5, 0.6) is 5.75 Å². The largest absolute Gasteiger partial charge is 0.497 e. The average Bonchev–Trinajstić information content (AvgIpc) is 2.39. The summed E-state index contributed by atoms with van der Waals surface area (Å²) in [4.78, 5) is 15.5. The summed E-state index contributed by atoms with van der Waals surface area (Å²) in [7, 11) is 1.56. The Hall–Kier alpha value is -2.23. The normalized spacial score (nSPS) is 10.1. The lowest BCUT2D eigenvalue weighted by molar-refractivity contribution is 0.0989. The third-order valence-corrected chi connectivity index (χ3v) is 2.57. The van der Waals surface area contributed by atoms with Crippen molar-refractivity contribution < 1.29 is 13.9 Å². The fourth-order valence-corrected chi connectivity index (χ4v) is 1.66. The molecule has 0 saturated heterocycles. The van der Waals surface area contributed by atoms with Gasteiger partial charge < -0.3 is 4.74 Å². The number of hydrogen-bond donors (Lipinski definition) is 0. The van der Waals surface area contributed by atoms with E-state index in [0.29, 0.717) is 5.75 Å². The summed E-state index contributed by atoms with van der Waals surface area (Å²) in [6.07, 6.45) is 2.58. The van der Waals surface area contributed by atoms with Gasteiger partial charge in [0.05, 0.1) is 18.9 Å². The molecule has 1 heterocycles. The number of carbonyl (C=O) groups excluding carboxylic acids is 1. The highest BCUT2D eigenvalue weighted by atomic mass is 19.1. The first-order valence-corrected chi connectivity index (χ1v) is 5.46. The van der Waals surface area contributed by atoms with Crippen LogP contribution >= 0.6 is 0 Å². The molecule has 0 unspecified atom stereocenters. The van der Waals surface area contributed by atoms with Crippen LogP contribution in [0.3, 0.4) is 0 Å². The monoisotopic (exact) mass is 245 g/mol. The van der Waals surface area contributed by atoms with E-state index in [1.165, 1.54) is 12.3 Å². The van der Waals surface area contributed by atoms with Gasteiger partial charge in [-0.1, -0.05) is 12.1 Å². The molecule has 0 N–H and O–H groups in total. The van der Waals surface area contributed by atoms with Crippen LogP contribution in [-0.4, -0.2) is 17.9 Å². The smallest absolute Gasteiger partial charge is 0.170 e. The van der Waals surface area contributed by atoms with E-state index in [4.69, 9.17) is 4.74 Å². The van der Waals surface area contributed by atoms with Gasteiger partial charge in [0.25, 0.3) is 0 Å². The molecular formula is C14H12FNO2. The fraction of sp³-hybridized carbons (Fsp3) is 0.143. The van der Waals surface area contributed by atoms with Gasteiger partial charge in [0.2, 0.25) is 0 Å². The number of hydrogen-bond acceptors (Lipinski definition) is 3. The lowest BCUT2D eigenvalue weighted by Gasteiger charge is -2.04. The molecule has 0 spiro atoms. The van der Waals surface area contributed by atoms with Crippen molar-refractivity contribution in [3.63, 3.8) is 0 Å². The SMILES string of the molecule is COc1cccc(CC(=O)c2ccncc2F)c1. The maximum atomic E-state index is 13.4. The van der Waals surface area contributed by atoms with Crippen molar-refractivity contribution >= 4 is 5.78 Å². The zero-order chi connectivity index (χ0) is 13.0. The molecule has 1 aromatic heterocycles. The number of carbonyl (C=O) groups is 1. The molecule has 0 saturated carbocycles. The summed E-state index contributed by atoms with van der Waals surface area (Å²) < 4.78 is 18.5. The molecule has 0 bridgehead atoms. The highest BCUT2D eigenvalue weighted by Gasteiger charge is 2.12. The molecule has 0 amide bonds. The molecule has 18 heavy (non-hydrogen) atoms. The second-order valence-corrected chi connectivity index (χ2v) is 3.81. The first-order valence-electron chi connectivity index (χ1n) is 5.46. The number of aromatic nitrogens is 1. The zero-order valence-corrected chi connectivity index (χ0v) is 9.89. The van der Waals surface area contributed by atoms with Gasteiger partial charge in [-0.2, -0.15) is 0 Å². The molecule has 0 fully saturated rings. The van der Waals surface area contributed by atoms with Gasteiger partial charge in [0.15, 0.2) is 11.6 Å². The van der Waals surface area contributed by atoms with Crippen molar-refractivity contribution in [3.05, 3.63) is 59.7 Å². The average molecular weight is 245 g/mol. The summed E-state index contributed by atoms with van der Waals surface area (Å²) in [5, 5.41) is 0. The summed E-state index contributed by atoms with van der Waals surface area (Å²) in [6, 6.07) is 8.54. The van der Waals surface area contributed by atoms with E-state index in [-0.39, 0.29) is 17.8 Å². The molecule has 0 atom stereocenters. The Balaban J connectivity index is 2.19. The van der Waals surface area contributed by atoms with Crippen molar-refractivity contribution in [2.45, 2.75) is 6.42 Å². The van der Waals surface area contributed by atoms with Crippen LogP contribution in [0.15, 0.2) is 42.7 Å². The van der Waals surface area contributed by atoms with Gasteiger partial charge in [0.1, 0.15) is 5.75 Å². The van der Waals surface area contributed by atoms with Crippen molar-refractivity contribution in [2.24, 2.45) is 0 Å². The van der Waals surface area contributed by atoms with Crippen molar-refractivity contribution in [1.82, 2.24) is 4.98 Å². The van der Waals surface area contributed by atoms with E-state index in [2.05, 4.69) is 4.98 Å². The van der Waals surface area contributed by atoms with E-state index in [0.717, 1.165) is 11.8 Å². The van der Waals surface area contributed by atoms with E-state index in [1.807, 2.05) is 0 Å². The van der Waals surface area contributed by atoms with Gasteiger partial charge in [-0.05, 0) is 23.8 Å². The number of halogens is 1. The van der Waals surface area contributed by atoms with Crippen molar-refractivity contribution in [1.29, 1.82) is 0 Å². The highest BCUT2D eigenvalue weighted by molar-refractivity contribution is 5.97. The number of benzene rings is 1. The van der Waals surface area contributed by atoms with Gasteiger partial charge in [-0.15, -0.1) is 0 Å². The van der Waals surface area contributed by atoms with E-state index < -0.39 is 5.82 Å². The molecule has 0 aliphatic carbocycles. The second kappa shape index (κ2) is 5.40. The lowest BCUT2D eigenvalue weighted by atomic mass is 10.0. The predicted molar refractivity (Wildman–Crippen MR) is 65.2 cm³/mol. The van der Waals surface area contributed by atoms with Crippen LogP contribution in [-0.2, 0) is 6.42 Å². The minimum Gasteiger partial charge on any atom is -0.497 e. The Morgan fingerprint density at radius 3 is 2.94 bits per heavy atom. The quantitative estimate of drug-likeness (QED) is 0.777. The van der Waals surface area contributed by atoms with Crippen LogP contribution in [0.25, 0.3) is 0 Å². The topological polar surface area (TPSA) is 39.2 Å². The molecular weight excluding hydrogens is 233 g/mol. The Labute approximate surface area is 104 Å². The maximum absolute atomic E-state index is 13.4. The summed E-state index contributed by atoms with van der Waals surface area (Å²) in [5.41, 5.74) is 0.850. The van der Waals surface area contributed by atoms with Gasteiger partial charge in [0, 0.05) is 12.6 Å². The molecule has 3 nitrogen and oxygen atoms in total. The van der Waals surface area contributed by atoms with Crippen LogP contribution in [0.2, 0.25) is 0 Å². The summed E-state index contributed by atoms with van der Waals surface area (Å²) >= 11 is 0. The number of ketones is 1. The number of ether oxygens (including phenoxy) is 1. The minimum atomic E-state index is -0.592. The fourth-order valence-electron chi connectivity index (χ4n) is 1.66. The first kappa shape index (κ1) is 12.2. The number of rotatable bonds is 4. The van der Waals surface area contributed by atoms with Gasteiger partial charge >= 0.3 is 0 Å². The minimum absolute atomic E-state index is 0.0628. The maximum Gasteiger partial charge on any atom is 0.170 e. The molecule has 2 aromatic rings. The molecule has 0 radical (unpaired) electrons. The predicted octanol–water partition coefficient (Wildman–Crippen LogP) is 2.65. The van der Waals surface area contributed by atoms with Crippen LogP contribution in [0.1, 0.15) is 15.9 Å². The highest BCUT2D eigenvalue weighted by Crippen LogP contribution is 2.15. The Morgan fingerprint density at radius 2 is 2.22 bits per heavy atom. The van der Waals surface area contributed by atoms with E-state index in [1.54, 1.807) is 31.4 Å². The second-order valence-electron chi connectivity index (χ2n) is 3.81. The van der Waals surface area contributed by atoms with Crippen LogP contribution < -0.4 is 4.74 Å². The van der Waals surface area contributed by atoms with Crippen LogP contribution in [0, 0.1) is 5.82 Å².